The Bertz CT molecular complexity index is 362. The van der Waals surface area contributed by atoms with Crippen molar-refractivity contribution in [3.8, 4) is 0 Å². The summed E-state index contributed by atoms with van der Waals surface area (Å²) in [6.45, 7) is 8.74. The Hall–Kier alpha value is -0.450. The van der Waals surface area contributed by atoms with Crippen LogP contribution in [-0.4, -0.2) is 40.2 Å². The number of piperidine rings is 1. The highest BCUT2D eigenvalue weighted by Crippen LogP contribution is 2.30. The van der Waals surface area contributed by atoms with Gasteiger partial charge in [0.2, 0.25) is 0 Å². The number of aromatic nitrogens is 1. The summed E-state index contributed by atoms with van der Waals surface area (Å²) in [6.07, 6.45) is 2.34. The number of nitrogens with zero attached hydrogens (tertiary/aromatic N) is 2. The highest BCUT2D eigenvalue weighted by molar-refractivity contribution is 7.09. The fraction of sp³-hybridized carbons (Fsp3) is 0.769. The number of hydrogen-bond acceptors (Lipinski definition) is 4. The van der Waals surface area contributed by atoms with E-state index in [2.05, 4.69) is 22.2 Å². The first-order valence-electron chi connectivity index (χ1n) is 6.31. The number of β-amino-alcohol motifs (C(OH)–C–C–N with tert-alkyl or cyclic N) is 1. The van der Waals surface area contributed by atoms with Crippen molar-refractivity contribution in [2.45, 2.75) is 45.1 Å². The van der Waals surface area contributed by atoms with Crippen molar-refractivity contribution in [2.24, 2.45) is 0 Å². The molecule has 0 radical (unpaired) electrons. The molecule has 2 rings (SSSR count). The molecular weight excluding hydrogens is 232 g/mol. The van der Waals surface area contributed by atoms with Crippen molar-refractivity contribution in [2.75, 3.05) is 19.6 Å². The standard InChI is InChI=1S/C13H22N2OS/c1-10-8-17-12(14-10)11-4-6-15(7-5-11)9-13(2,3)16/h8,11,16H,4-7,9H2,1-3H3. The molecule has 1 saturated heterocycles. The minimum atomic E-state index is -0.579. The zero-order chi connectivity index (χ0) is 12.5. The molecule has 4 heteroatoms. The van der Waals surface area contributed by atoms with Crippen LogP contribution in [0.3, 0.4) is 0 Å². The monoisotopic (exact) mass is 254 g/mol. The Morgan fingerprint density at radius 3 is 2.59 bits per heavy atom. The van der Waals surface area contributed by atoms with Crippen LogP contribution in [0.5, 0.6) is 0 Å². The Labute approximate surface area is 107 Å². The van der Waals surface area contributed by atoms with E-state index < -0.39 is 5.60 Å². The van der Waals surface area contributed by atoms with Crippen LogP contribution in [-0.2, 0) is 0 Å². The zero-order valence-corrected chi connectivity index (χ0v) is 11.8. The predicted molar refractivity (Wildman–Crippen MR) is 71.6 cm³/mol. The van der Waals surface area contributed by atoms with Crippen LogP contribution in [0.15, 0.2) is 5.38 Å². The number of thiazole rings is 1. The molecule has 1 N–H and O–H groups in total. The first kappa shape index (κ1) is 13.0. The summed E-state index contributed by atoms with van der Waals surface area (Å²) in [6, 6.07) is 0. The molecule has 3 nitrogen and oxygen atoms in total. The molecule has 17 heavy (non-hydrogen) atoms. The maximum absolute atomic E-state index is 9.80. The van der Waals surface area contributed by atoms with Gasteiger partial charge in [-0.15, -0.1) is 11.3 Å². The van der Waals surface area contributed by atoms with Gasteiger partial charge in [-0.2, -0.15) is 0 Å². The molecule has 1 aromatic heterocycles. The van der Waals surface area contributed by atoms with Crippen molar-refractivity contribution in [3.63, 3.8) is 0 Å². The van der Waals surface area contributed by atoms with Gasteiger partial charge in [0.05, 0.1) is 10.6 Å². The fourth-order valence-corrected chi connectivity index (χ4v) is 3.41. The molecule has 1 aromatic rings. The zero-order valence-electron chi connectivity index (χ0n) is 10.9. The number of likely N-dealkylation sites (tertiary alicyclic amines) is 1. The molecule has 0 saturated carbocycles. The van der Waals surface area contributed by atoms with Gasteiger partial charge in [0.1, 0.15) is 0 Å². The summed E-state index contributed by atoms with van der Waals surface area (Å²) in [7, 11) is 0. The van der Waals surface area contributed by atoms with Crippen LogP contribution in [0.25, 0.3) is 0 Å². The van der Waals surface area contributed by atoms with Crippen LogP contribution in [0.4, 0.5) is 0 Å². The minimum Gasteiger partial charge on any atom is -0.389 e. The van der Waals surface area contributed by atoms with Crippen LogP contribution >= 0.6 is 11.3 Å². The lowest BCUT2D eigenvalue weighted by Gasteiger charge is -2.34. The van der Waals surface area contributed by atoms with Gasteiger partial charge in [-0.05, 0) is 46.7 Å². The van der Waals surface area contributed by atoms with E-state index in [0.717, 1.165) is 25.3 Å². The summed E-state index contributed by atoms with van der Waals surface area (Å²) in [4.78, 5) is 6.94. The molecule has 0 atom stereocenters. The molecule has 0 aromatic carbocycles. The highest BCUT2D eigenvalue weighted by atomic mass is 32.1. The molecule has 0 amide bonds. The van der Waals surface area contributed by atoms with Crippen LogP contribution in [0, 0.1) is 6.92 Å². The summed E-state index contributed by atoms with van der Waals surface area (Å²) < 4.78 is 0. The van der Waals surface area contributed by atoms with Crippen molar-refractivity contribution in [1.82, 2.24) is 9.88 Å². The van der Waals surface area contributed by atoms with Crippen LogP contribution in [0.2, 0.25) is 0 Å². The van der Waals surface area contributed by atoms with E-state index in [1.165, 1.54) is 17.8 Å². The summed E-state index contributed by atoms with van der Waals surface area (Å²) in [5.74, 6) is 0.631. The number of hydrogen-bond donors (Lipinski definition) is 1. The number of rotatable bonds is 3. The second-order valence-electron chi connectivity index (χ2n) is 5.69. The summed E-state index contributed by atoms with van der Waals surface area (Å²) >= 11 is 1.79. The third-order valence-corrected chi connectivity index (χ3v) is 4.31. The second kappa shape index (κ2) is 5.04. The van der Waals surface area contributed by atoms with E-state index in [4.69, 9.17) is 0 Å². The lowest BCUT2D eigenvalue weighted by atomic mass is 9.96. The smallest absolute Gasteiger partial charge is 0.0960 e. The van der Waals surface area contributed by atoms with E-state index in [-0.39, 0.29) is 0 Å². The molecule has 0 bridgehead atoms. The first-order valence-corrected chi connectivity index (χ1v) is 7.19. The van der Waals surface area contributed by atoms with Gasteiger partial charge >= 0.3 is 0 Å². The normalized spacial score (nSPS) is 19.8. The third-order valence-electron chi connectivity index (χ3n) is 3.18. The molecular formula is C13H22N2OS. The molecule has 1 aliphatic rings. The molecule has 1 aliphatic heterocycles. The Kier molecular flexibility index (Phi) is 3.85. The highest BCUT2D eigenvalue weighted by Gasteiger charge is 2.25. The average Bonchev–Trinajstić information content (AvgIpc) is 2.63. The quantitative estimate of drug-likeness (QED) is 0.900. The van der Waals surface area contributed by atoms with Gasteiger partial charge in [-0.25, -0.2) is 4.98 Å². The fourth-order valence-electron chi connectivity index (χ4n) is 2.44. The maximum Gasteiger partial charge on any atom is 0.0960 e. The minimum absolute atomic E-state index is 0.579. The van der Waals surface area contributed by atoms with Gasteiger partial charge in [-0.1, -0.05) is 0 Å². The van der Waals surface area contributed by atoms with Gasteiger partial charge < -0.3 is 10.0 Å². The van der Waals surface area contributed by atoms with Crippen molar-refractivity contribution >= 4 is 11.3 Å². The molecule has 0 spiro atoms. The van der Waals surface area contributed by atoms with Crippen molar-refractivity contribution < 1.29 is 5.11 Å². The van der Waals surface area contributed by atoms with E-state index in [9.17, 15) is 5.11 Å². The van der Waals surface area contributed by atoms with E-state index in [1.54, 1.807) is 11.3 Å². The first-order chi connectivity index (χ1) is 7.94. The second-order valence-corrected chi connectivity index (χ2v) is 6.58. The van der Waals surface area contributed by atoms with Crippen LogP contribution < -0.4 is 0 Å². The van der Waals surface area contributed by atoms with Crippen molar-refractivity contribution in [3.05, 3.63) is 16.1 Å². The Balaban J connectivity index is 1.86. The van der Waals surface area contributed by atoms with E-state index >= 15 is 0 Å². The Morgan fingerprint density at radius 1 is 1.47 bits per heavy atom. The molecule has 96 valence electrons. The Morgan fingerprint density at radius 2 is 2.12 bits per heavy atom. The van der Waals surface area contributed by atoms with Crippen LogP contribution in [0.1, 0.15) is 43.3 Å². The summed E-state index contributed by atoms with van der Waals surface area (Å²) in [5.41, 5.74) is 0.564. The van der Waals surface area contributed by atoms with E-state index in [1.807, 2.05) is 13.8 Å². The topological polar surface area (TPSA) is 36.4 Å². The van der Waals surface area contributed by atoms with E-state index in [0.29, 0.717) is 5.92 Å². The summed E-state index contributed by atoms with van der Waals surface area (Å²) in [5, 5.41) is 13.2. The largest absolute Gasteiger partial charge is 0.389 e. The lowest BCUT2D eigenvalue weighted by molar-refractivity contribution is 0.0282. The third kappa shape index (κ3) is 3.76. The van der Waals surface area contributed by atoms with Gasteiger partial charge in [0.15, 0.2) is 0 Å². The van der Waals surface area contributed by atoms with Crippen molar-refractivity contribution in [1.29, 1.82) is 0 Å². The number of aryl methyl sites for hydroxylation is 1. The molecule has 1 fully saturated rings. The maximum atomic E-state index is 9.80. The SMILES string of the molecule is Cc1csc(C2CCN(CC(C)(C)O)CC2)n1. The van der Waals surface area contributed by atoms with Gasteiger partial charge in [0.25, 0.3) is 0 Å². The predicted octanol–water partition coefficient (Wildman–Crippen LogP) is 2.40. The van der Waals surface area contributed by atoms with Gasteiger partial charge in [0, 0.05) is 23.5 Å². The molecule has 0 unspecified atom stereocenters. The molecule has 2 heterocycles. The molecule has 0 aliphatic carbocycles. The number of aliphatic hydroxyl groups is 1. The lowest BCUT2D eigenvalue weighted by Crippen LogP contribution is -2.42. The average molecular weight is 254 g/mol. The van der Waals surface area contributed by atoms with Gasteiger partial charge in [-0.3, -0.25) is 0 Å².